The number of hydrogen-bond acceptors (Lipinski definition) is 3. The summed E-state index contributed by atoms with van der Waals surface area (Å²) in [6, 6.07) is 7.06. The molecule has 0 spiro atoms. The minimum Gasteiger partial charge on any atom is -0.344 e. The van der Waals surface area contributed by atoms with Crippen molar-refractivity contribution in [1.29, 1.82) is 0 Å². The minimum absolute atomic E-state index is 0.0211. The fourth-order valence-corrected chi connectivity index (χ4v) is 4.01. The van der Waals surface area contributed by atoms with Gasteiger partial charge in [-0.1, -0.05) is 36.6 Å². The third-order valence-electron chi connectivity index (χ3n) is 5.22. The number of benzene rings is 1. The van der Waals surface area contributed by atoms with Crippen molar-refractivity contribution in [2.45, 2.75) is 44.7 Å². The second-order valence-electron chi connectivity index (χ2n) is 7.02. The van der Waals surface area contributed by atoms with Crippen LogP contribution in [0.4, 0.5) is 0 Å². The van der Waals surface area contributed by atoms with Gasteiger partial charge in [0.25, 0.3) is 0 Å². The smallest absolute Gasteiger partial charge is 0.245 e. The summed E-state index contributed by atoms with van der Waals surface area (Å²) in [6.45, 7) is 3.85. The third kappa shape index (κ3) is 4.33. The Balaban J connectivity index is 1.68. The first-order valence-corrected chi connectivity index (χ1v) is 9.51. The fraction of sp³-hybridized carbons (Fsp3) is 0.579. The molecule has 1 aromatic rings. The Morgan fingerprint density at radius 1 is 1.32 bits per heavy atom. The Morgan fingerprint density at radius 3 is 2.80 bits per heavy atom. The van der Waals surface area contributed by atoms with Gasteiger partial charge in [0.1, 0.15) is 6.04 Å². The highest BCUT2D eigenvalue weighted by Crippen LogP contribution is 2.26. The van der Waals surface area contributed by atoms with Gasteiger partial charge in [-0.05, 0) is 37.5 Å². The summed E-state index contributed by atoms with van der Waals surface area (Å²) in [5, 5.41) is 6.93. The molecule has 1 saturated carbocycles. The predicted octanol–water partition coefficient (Wildman–Crippen LogP) is 2.51. The molecule has 3 rings (SSSR count). The van der Waals surface area contributed by atoms with E-state index in [1.807, 2.05) is 29.2 Å². The Kier molecular flexibility index (Phi) is 5.97. The zero-order valence-electron chi connectivity index (χ0n) is 14.6. The molecule has 1 aliphatic heterocycles. The standard InChI is InChI=1S/C19H26ClN3O2/c1-13(22-18(24)14-5-2-3-6-14)19(25)23-10-9-21-12-17(23)15-7-4-8-16(20)11-15/h4,7-8,11,13-14,17,21H,2-3,5-6,9-10,12H2,1H3,(H,22,24). The van der Waals surface area contributed by atoms with Crippen molar-refractivity contribution in [2.24, 2.45) is 5.92 Å². The summed E-state index contributed by atoms with van der Waals surface area (Å²) >= 11 is 6.11. The first kappa shape index (κ1) is 18.2. The molecule has 6 heteroatoms. The lowest BCUT2D eigenvalue weighted by Gasteiger charge is -2.38. The number of carbonyl (C=O) groups is 2. The summed E-state index contributed by atoms with van der Waals surface area (Å²) in [5.41, 5.74) is 1.02. The second-order valence-corrected chi connectivity index (χ2v) is 7.45. The van der Waals surface area contributed by atoms with E-state index in [4.69, 9.17) is 11.6 Å². The molecular formula is C19H26ClN3O2. The molecule has 2 amide bonds. The molecule has 0 bridgehead atoms. The zero-order chi connectivity index (χ0) is 17.8. The van der Waals surface area contributed by atoms with E-state index >= 15 is 0 Å². The van der Waals surface area contributed by atoms with Crippen LogP contribution in [0.1, 0.15) is 44.2 Å². The molecule has 0 radical (unpaired) electrons. The monoisotopic (exact) mass is 363 g/mol. The number of piperazine rings is 1. The average Bonchev–Trinajstić information content (AvgIpc) is 3.16. The number of halogens is 1. The van der Waals surface area contributed by atoms with Crippen LogP contribution in [0.3, 0.4) is 0 Å². The van der Waals surface area contributed by atoms with Crippen LogP contribution in [0.5, 0.6) is 0 Å². The highest BCUT2D eigenvalue weighted by molar-refractivity contribution is 6.30. The molecule has 136 valence electrons. The fourth-order valence-electron chi connectivity index (χ4n) is 3.81. The molecule has 2 unspecified atom stereocenters. The van der Waals surface area contributed by atoms with Gasteiger partial charge in [-0.15, -0.1) is 0 Å². The Labute approximate surface area is 154 Å². The number of rotatable bonds is 4. The summed E-state index contributed by atoms with van der Waals surface area (Å²) in [6.07, 6.45) is 4.08. The molecular weight excluding hydrogens is 338 g/mol. The van der Waals surface area contributed by atoms with Crippen LogP contribution in [-0.2, 0) is 9.59 Å². The van der Waals surface area contributed by atoms with Crippen molar-refractivity contribution < 1.29 is 9.59 Å². The Bertz CT molecular complexity index is 631. The molecule has 2 aliphatic rings. The van der Waals surface area contributed by atoms with Gasteiger partial charge in [-0.2, -0.15) is 0 Å². The number of hydrogen-bond donors (Lipinski definition) is 2. The lowest BCUT2D eigenvalue weighted by Crippen LogP contribution is -2.54. The van der Waals surface area contributed by atoms with Gasteiger partial charge in [0, 0.05) is 30.6 Å². The zero-order valence-corrected chi connectivity index (χ0v) is 15.4. The highest BCUT2D eigenvalue weighted by Gasteiger charge is 2.32. The van der Waals surface area contributed by atoms with Crippen molar-refractivity contribution in [1.82, 2.24) is 15.5 Å². The lowest BCUT2D eigenvalue weighted by molar-refractivity contribution is -0.139. The van der Waals surface area contributed by atoms with Crippen molar-refractivity contribution in [3.63, 3.8) is 0 Å². The van der Waals surface area contributed by atoms with E-state index in [1.165, 1.54) is 0 Å². The highest BCUT2D eigenvalue weighted by atomic mass is 35.5. The SMILES string of the molecule is CC(NC(=O)C1CCCC1)C(=O)N1CCNCC1c1cccc(Cl)c1. The lowest BCUT2D eigenvalue weighted by atomic mass is 10.0. The average molecular weight is 364 g/mol. The van der Waals surface area contributed by atoms with E-state index in [9.17, 15) is 9.59 Å². The van der Waals surface area contributed by atoms with Gasteiger partial charge >= 0.3 is 0 Å². The third-order valence-corrected chi connectivity index (χ3v) is 5.45. The van der Waals surface area contributed by atoms with Crippen LogP contribution >= 0.6 is 11.6 Å². The summed E-state index contributed by atoms with van der Waals surface area (Å²) in [7, 11) is 0. The van der Waals surface area contributed by atoms with Crippen molar-refractivity contribution in [3.8, 4) is 0 Å². The van der Waals surface area contributed by atoms with Crippen molar-refractivity contribution >= 4 is 23.4 Å². The largest absolute Gasteiger partial charge is 0.344 e. The number of nitrogens with zero attached hydrogens (tertiary/aromatic N) is 1. The molecule has 25 heavy (non-hydrogen) atoms. The molecule has 1 aliphatic carbocycles. The van der Waals surface area contributed by atoms with Gasteiger partial charge in [-0.25, -0.2) is 0 Å². The Hall–Kier alpha value is -1.59. The molecule has 1 heterocycles. The van der Waals surface area contributed by atoms with Gasteiger partial charge < -0.3 is 15.5 Å². The molecule has 0 aromatic heterocycles. The van der Waals surface area contributed by atoms with E-state index in [1.54, 1.807) is 6.92 Å². The molecule has 2 N–H and O–H groups in total. The second kappa shape index (κ2) is 8.19. The summed E-state index contributed by atoms with van der Waals surface area (Å²) < 4.78 is 0. The van der Waals surface area contributed by atoms with Crippen LogP contribution in [0.2, 0.25) is 5.02 Å². The van der Waals surface area contributed by atoms with Crippen LogP contribution in [0.25, 0.3) is 0 Å². The number of amides is 2. The van der Waals surface area contributed by atoms with Gasteiger partial charge in [-0.3, -0.25) is 9.59 Å². The summed E-state index contributed by atoms with van der Waals surface area (Å²) in [5.74, 6) is 0.0626. The summed E-state index contributed by atoms with van der Waals surface area (Å²) in [4.78, 5) is 27.2. The predicted molar refractivity (Wildman–Crippen MR) is 98.3 cm³/mol. The van der Waals surface area contributed by atoms with Gasteiger partial charge in [0.2, 0.25) is 11.8 Å². The van der Waals surface area contributed by atoms with E-state index in [0.29, 0.717) is 18.1 Å². The van der Waals surface area contributed by atoms with Crippen LogP contribution in [0, 0.1) is 5.92 Å². The van der Waals surface area contributed by atoms with Crippen molar-refractivity contribution in [3.05, 3.63) is 34.9 Å². The normalized spacial score (nSPS) is 22.6. The first-order chi connectivity index (χ1) is 12.1. The topological polar surface area (TPSA) is 61.4 Å². The number of carbonyl (C=O) groups excluding carboxylic acids is 2. The minimum atomic E-state index is -0.507. The Morgan fingerprint density at radius 2 is 2.08 bits per heavy atom. The van der Waals surface area contributed by atoms with Gasteiger partial charge in [0.05, 0.1) is 6.04 Å². The molecule has 2 atom stereocenters. The van der Waals surface area contributed by atoms with E-state index in [-0.39, 0.29) is 23.8 Å². The molecule has 1 saturated heterocycles. The quantitative estimate of drug-likeness (QED) is 0.864. The van der Waals surface area contributed by atoms with Crippen LogP contribution in [0.15, 0.2) is 24.3 Å². The maximum atomic E-state index is 13.0. The van der Waals surface area contributed by atoms with Crippen LogP contribution < -0.4 is 10.6 Å². The van der Waals surface area contributed by atoms with E-state index in [2.05, 4.69) is 10.6 Å². The van der Waals surface area contributed by atoms with Crippen LogP contribution in [-0.4, -0.2) is 42.4 Å². The maximum Gasteiger partial charge on any atom is 0.245 e. The van der Waals surface area contributed by atoms with Crippen molar-refractivity contribution in [2.75, 3.05) is 19.6 Å². The van der Waals surface area contributed by atoms with E-state index < -0.39 is 6.04 Å². The van der Waals surface area contributed by atoms with E-state index in [0.717, 1.165) is 37.8 Å². The number of nitrogens with one attached hydrogen (secondary N) is 2. The first-order valence-electron chi connectivity index (χ1n) is 9.13. The molecule has 2 fully saturated rings. The maximum absolute atomic E-state index is 13.0. The molecule has 1 aromatic carbocycles. The molecule has 5 nitrogen and oxygen atoms in total. The van der Waals surface area contributed by atoms with Gasteiger partial charge in [0.15, 0.2) is 0 Å².